The molecule has 0 bridgehead atoms. The Hall–Kier alpha value is -2.02. The summed E-state index contributed by atoms with van der Waals surface area (Å²) in [5.41, 5.74) is 2.06. The number of rotatable bonds is 6. The van der Waals surface area contributed by atoms with E-state index < -0.39 is 0 Å². The van der Waals surface area contributed by atoms with E-state index in [1.807, 2.05) is 30.0 Å². The number of likely N-dealkylation sites (tertiary alicyclic amines) is 1. The lowest BCUT2D eigenvalue weighted by molar-refractivity contribution is -0.151. The van der Waals surface area contributed by atoms with Crippen LogP contribution < -0.4 is 0 Å². The van der Waals surface area contributed by atoms with E-state index in [4.69, 9.17) is 4.74 Å². The number of esters is 1. The van der Waals surface area contributed by atoms with Gasteiger partial charge in [-0.2, -0.15) is 0 Å². The maximum atomic E-state index is 12.5. The Bertz CT molecular complexity index is 781. The highest BCUT2D eigenvalue weighted by molar-refractivity contribution is 7.99. The average molecular weight is 375 g/mol. The molecule has 0 atom stereocenters. The van der Waals surface area contributed by atoms with Crippen molar-refractivity contribution in [2.75, 3.05) is 25.4 Å². The van der Waals surface area contributed by atoms with Gasteiger partial charge in [0.2, 0.25) is 5.91 Å². The van der Waals surface area contributed by atoms with Crippen molar-refractivity contribution < 1.29 is 14.3 Å². The molecular formula is C19H25N3O3S. The number of hydrogen-bond donors (Lipinski definition) is 0. The summed E-state index contributed by atoms with van der Waals surface area (Å²) in [6.45, 7) is 6.37. The van der Waals surface area contributed by atoms with Crippen LogP contribution in [0.5, 0.6) is 0 Å². The number of benzene rings is 1. The fraction of sp³-hybridized carbons (Fsp3) is 0.526. The Morgan fingerprint density at radius 1 is 1.23 bits per heavy atom. The monoisotopic (exact) mass is 375 g/mol. The second kappa shape index (κ2) is 8.58. The van der Waals surface area contributed by atoms with Crippen LogP contribution in [-0.2, 0) is 20.9 Å². The van der Waals surface area contributed by atoms with Crippen molar-refractivity contribution in [2.45, 2.75) is 38.4 Å². The van der Waals surface area contributed by atoms with Crippen molar-refractivity contribution in [2.24, 2.45) is 5.92 Å². The van der Waals surface area contributed by atoms with Gasteiger partial charge in [0.25, 0.3) is 0 Å². The van der Waals surface area contributed by atoms with Gasteiger partial charge in [-0.05, 0) is 38.8 Å². The number of amides is 1. The molecule has 1 fully saturated rings. The predicted molar refractivity (Wildman–Crippen MR) is 102 cm³/mol. The highest BCUT2D eigenvalue weighted by Gasteiger charge is 2.28. The first-order valence-corrected chi connectivity index (χ1v) is 10.1. The predicted octanol–water partition coefficient (Wildman–Crippen LogP) is 2.95. The Morgan fingerprint density at radius 3 is 2.65 bits per heavy atom. The second-order valence-corrected chi connectivity index (χ2v) is 7.27. The largest absolute Gasteiger partial charge is 0.466 e. The number of thioether (sulfide) groups is 1. The van der Waals surface area contributed by atoms with Gasteiger partial charge in [0.05, 0.1) is 29.3 Å². The van der Waals surface area contributed by atoms with Crippen molar-refractivity contribution in [1.82, 2.24) is 14.5 Å². The van der Waals surface area contributed by atoms with Crippen LogP contribution in [0.1, 0.15) is 26.7 Å². The third-order valence-electron chi connectivity index (χ3n) is 4.73. The molecule has 6 nitrogen and oxygen atoms in total. The molecule has 7 heteroatoms. The van der Waals surface area contributed by atoms with Gasteiger partial charge in [0.15, 0.2) is 5.16 Å². The topological polar surface area (TPSA) is 64.4 Å². The van der Waals surface area contributed by atoms with E-state index in [-0.39, 0.29) is 17.8 Å². The molecule has 2 aromatic rings. The fourth-order valence-electron chi connectivity index (χ4n) is 3.31. The number of fused-ring (bicyclic) bond motifs is 1. The van der Waals surface area contributed by atoms with Crippen molar-refractivity contribution >= 4 is 34.7 Å². The number of carbonyl (C=O) groups is 2. The van der Waals surface area contributed by atoms with Crippen LogP contribution in [0.4, 0.5) is 0 Å². The lowest BCUT2D eigenvalue weighted by Gasteiger charge is -2.30. The minimum Gasteiger partial charge on any atom is -0.466 e. The van der Waals surface area contributed by atoms with Gasteiger partial charge in [-0.25, -0.2) is 4.98 Å². The van der Waals surface area contributed by atoms with Gasteiger partial charge >= 0.3 is 5.97 Å². The highest BCUT2D eigenvalue weighted by Crippen LogP contribution is 2.25. The van der Waals surface area contributed by atoms with Crippen LogP contribution in [0.25, 0.3) is 11.0 Å². The summed E-state index contributed by atoms with van der Waals surface area (Å²) < 4.78 is 7.22. The molecule has 0 unspecified atom stereocenters. The zero-order chi connectivity index (χ0) is 18.5. The molecule has 1 aromatic carbocycles. The van der Waals surface area contributed by atoms with Crippen molar-refractivity contribution in [1.29, 1.82) is 0 Å². The van der Waals surface area contributed by atoms with Crippen molar-refractivity contribution in [3.8, 4) is 0 Å². The van der Waals surface area contributed by atoms with Crippen LogP contribution in [0.2, 0.25) is 0 Å². The molecule has 0 aliphatic carbocycles. The van der Waals surface area contributed by atoms with E-state index in [1.165, 1.54) is 11.8 Å². The van der Waals surface area contributed by atoms with E-state index in [9.17, 15) is 9.59 Å². The van der Waals surface area contributed by atoms with Crippen LogP contribution in [0.3, 0.4) is 0 Å². The van der Waals surface area contributed by atoms with Gasteiger partial charge in [0.1, 0.15) is 0 Å². The Balaban J connectivity index is 1.56. The standard InChI is InChI=1S/C19H25N3O3S/c1-3-22-16-8-6-5-7-15(16)20-19(22)26-13-17(23)21-11-9-14(10-12-21)18(24)25-4-2/h5-8,14H,3-4,9-13H2,1-2H3. The van der Waals surface area contributed by atoms with E-state index in [0.29, 0.717) is 38.3 Å². The number of aryl methyl sites for hydroxylation is 1. The number of aromatic nitrogens is 2. The quantitative estimate of drug-likeness (QED) is 0.574. The Labute approximate surface area is 157 Å². The van der Waals surface area contributed by atoms with Gasteiger partial charge in [0, 0.05) is 19.6 Å². The molecule has 0 spiro atoms. The summed E-state index contributed by atoms with van der Waals surface area (Å²) in [4.78, 5) is 30.8. The number of para-hydroxylation sites is 2. The number of nitrogens with zero attached hydrogens (tertiary/aromatic N) is 3. The molecule has 1 aromatic heterocycles. The smallest absolute Gasteiger partial charge is 0.309 e. The fourth-order valence-corrected chi connectivity index (χ4v) is 4.29. The molecule has 1 saturated heterocycles. The maximum Gasteiger partial charge on any atom is 0.309 e. The van der Waals surface area contributed by atoms with Crippen molar-refractivity contribution in [3.63, 3.8) is 0 Å². The molecule has 1 amide bonds. The summed E-state index contributed by atoms with van der Waals surface area (Å²) in [6, 6.07) is 8.03. The molecule has 3 rings (SSSR count). The van der Waals surface area contributed by atoms with Gasteiger partial charge in [-0.1, -0.05) is 23.9 Å². The molecule has 1 aliphatic rings. The van der Waals surface area contributed by atoms with Crippen LogP contribution in [-0.4, -0.2) is 51.8 Å². The number of ether oxygens (including phenoxy) is 1. The SMILES string of the molecule is CCOC(=O)C1CCN(C(=O)CSc2nc3ccccc3n2CC)CC1. The summed E-state index contributed by atoms with van der Waals surface area (Å²) in [5, 5.41) is 0.878. The summed E-state index contributed by atoms with van der Waals surface area (Å²) in [6.07, 6.45) is 1.37. The lowest BCUT2D eigenvalue weighted by atomic mass is 9.97. The molecule has 0 saturated carbocycles. The first-order chi connectivity index (χ1) is 12.6. The van der Waals surface area contributed by atoms with Gasteiger partial charge in [-0.15, -0.1) is 0 Å². The first-order valence-electron chi connectivity index (χ1n) is 9.16. The number of imidazole rings is 1. The number of hydrogen-bond acceptors (Lipinski definition) is 5. The molecule has 26 heavy (non-hydrogen) atoms. The summed E-state index contributed by atoms with van der Waals surface area (Å²) in [7, 11) is 0. The molecule has 2 heterocycles. The zero-order valence-corrected chi connectivity index (χ0v) is 16.1. The van der Waals surface area contributed by atoms with Crippen LogP contribution in [0, 0.1) is 5.92 Å². The number of carbonyl (C=O) groups excluding carboxylic acids is 2. The van der Waals surface area contributed by atoms with E-state index in [2.05, 4.69) is 22.5 Å². The maximum absolute atomic E-state index is 12.5. The Morgan fingerprint density at radius 2 is 1.96 bits per heavy atom. The molecule has 0 N–H and O–H groups in total. The molecule has 1 aliphatic heterocycles. The first kappa shape index (κ1) is 18.8. The minimum atomic E-state index is -0.134. The van der Waals surface area contributed by atoms with Crippen LogP contribution in [0.15, 0.2) is 29.4 Å². The van der Waals surface area contributed by atoms with E-state index in [0.717, 1.165) is 22.7 Å². The van der Waals surface area contributed by atoms with Gasteiger partial charge in [-0.3, -0.25) is 9.59 Å². The minimum absolute atomic E-state index is 0.0732. The third kappa shape index (κ3) is 4.03. The lowest BCUT2D eigenvalue weighted by Crippen LogP contribution is -2.41. The highest BCUT2D eigenvalue weighted by atomic mass is 32.2. The number of piperidine rings is 1. The summed E-state index contributed by atoms with van der Waals surface area (Å²) in [5.74, 6) is 0.265. The second-order valence-electron chi connectivity index (χ2n) is 6.32. The molecule has 0 radical (unpaired) electrons. The van der Waals surface area contributed by atoms with Crippen molar-refractivity contribution in [3.05, 3.63) is 24.3 Å². The zero-order valence-electron chi connectivity index (χ0n) is 15.3. The summed E-state index contributed by atoms with van der Waals surface area (Å²) >= 11 is 1.48. The van der Waals surface area contributed by atoms with Gasteiger partial charge < -0.3 is 14.2 Å². The average Bonchev–Trinajstić information content (AvgIpc) is 3.04. The third-order valence-corrected chi connectivity index (χ3v) is 5.69. The van der Waals surface area contributed by atoms with Crippen LogP contribution >= 0.6 is 11.8 Å². The normalized spacial score (nSPS) is 15.4. The molecule has 140 valence electrons. The Kier molecular flexibility index (Phi) is 6.19. The van der Waals surface area contributed by atoms with E-state index >= 15 is 0 Å². The molecular weight excluding hydrogens is 350 g/mol. The van der Waals surface area contributed by atoms with E-state index in [1.54, 1.807) is 0 Å².